The lowest BCUT2D eigenvalue weighted by Gasteiger charge is -2.09. The van der Waals surface area contributed by atoms with E-state index in [1.807, 2.05) is 0 Å². The van der Waals surface area contributed by atoms with Gasteiger partial charge in [0.25, 0.3) is 17.6 Å². The largest absolute Gasteiger partial charge is 0.369 e. The molecule has 0 radical (unpaired) electrons. The Morgan fingerprint density at radius 2 is 1.94 bits per heavy atom. The second kappa shape index (κ2) is 6.65. The Kier molecular flexibility index (Phi) is 4.30. The quantitative estimate of drug-likeness (QED) is 0.453. The van der Waals surface area contributed by atoms with E-state index in [1.165, 1.54) is 12.1 Å². The number of Topliss-reactive ketones (excluding diaryl/α,β-unsaturated/α-hetero) is 1. The van der Waals surface area contributed by atoms with Crippen LogP contribution in [0.3, 0.4) is 0 Å². The fraction of sp³-hybridized carbons (Fsp3) is 0.364. The summed E-state index contributed by atoms with van der Waals surface area (Å²) >= 11 is 5.79. The summed E-state index contributed by atoms with van der Waals surface area (Å²) < 4.78 is 15.2. The van der Waals surface area contributed by atoms with E-state index in [0.717, 1.165) is 12.5 Å². The summed E-state index contributed by atoms with van der Waals surface area (Å²) in [5, 5.41) is 5.23. The molecule has 2 aromatic rings. The van der Waals surface area contributed by atoms with E-state index < -0.39 is 40.3 Å². The zero-order valence-corrected chi connectivity index (χ0v) is 17.9. The molecule has 4 N–H and O–H groups in total. The van der Waals surface area contributed by atoms with Crippen LogP contribution in [-0.4, -0.2) is 33.6 Å². The zero-order valence-electron chi connectivity index (χ0n) is 17.2. The fourth-order valence-corrected chi connectivity index (χ4v) is 5.15. The van der Waals surface area contributed by atoms with Crippen molar-refractivity contribution in [1.82, 2.24) is 9.88 Å². The molecule has 0 bridgehead atoms. The number of primary amides is 1. The first-order valence-electron chi connectivity index (χ1n) is 10.3. The average Bonchev–Trinajstić information content (AvgIpc) is 3.38. The van der Waals surface area contributed by atoms with Gasteiger partial charge in [0, 0.05) is 17.9 Å². The van der Waals surface area contributed by atoms with Crippen molar-refractivity contribution in [2.75, 3.05) is 5.32 Å². The van der Waals surface area contributed by atoms with Gasteiger partial charge in [0.1, 0.15) is 11.5 Å². The number of rotatable bonds is 6. The number of aromatic nitrogens is 1. The molecule has 2 saturated carbocycles. The van der Waals surface area contributed by atoms with Crippen molar-refractivity contribution in [3.05, 3.63) is 51.6 Å². The number of carbonyl (C=O) groups is 4. The van der Waals surface area contributed by atoms with E-state index in [-0.39, 0.29) is 16.3 Å². The highest BCUT2D eigenvalue weighted by Crippen LogP contribution is 2.78. The Labute approximate surface area is 187 Å². The van der Waals surface area contributed by atoms with Gasteiger partial charge in [0.2, 0.25) is 5.91 Å². The van der Waals surface area contributed by atoms with Crippen LogP contribution in [0.5, 0.6) is 0 Å². The maximum Gasteiger partial charge on any atom is 0.292 e. The van der Waals surface area contributed by atoms with Gasteiger partial charge in [-0.15, -0.1) is 0 Å². The molecule has 0 saturated heterocycles. The molecule has 1 aromatic heterocycles. The molecule has 32 heavy (non-hydrogen) atoms. The standard InChI is InChI=1S/C22H20ClFN4O4/c1-10-15(17(29)19(31)27-22-8-21(22,9-22)20(25)32)14-3-2-6-28(14)16(10)18(30)26-11-4-5-13(24)12(23)7-11/h4-5,7H,2-3,6,8-9H2,1H3,(H2,25,32)(H,26,30)(H,27,31). The molecule has 2 heterocycles. The molecule has 166 valence electrons. The highest BCUT2D eigenvalue weighted by Gasteiger charge is 2.87. The van der Waals surface area contributed by atoms with Crippen molar-refractivity contribution in [3.8, 4) is 0 Å². The molecule has 0 spiro atoms. The lowest BCUT2D eigenvalue weighted by Crippen LogP contribution is -2.37. The summed E-state index contributed by atoms with van der Waals surface area (Å²) in [4.78, 5) is 50.3. The molecule has 1 aromatic carbocycles. The molecule has 2 aliphatic carbocycles. The zero-order chi connectivity index (χ0) is 23.0. The third-order valence-corrected chi connectivity index (χ3v) is 7.22. The second-order valence-electron chi connectivity index (χ2n) is 8.80. The number of ketones is 1. The van der Waals surface area contributed by atoms with E-state index in [4.69, 9.17) is 17.3 Å². The number of nitrogens with zero attached hydrogens (tertiary/aromatic N) is 1. The van der Waals surface area contributed by atoms with Gasteiger partial charge in [-0.3, -0.25) is 19.2 Å². The van der Waals surface area contributed by atoms with Crippen LogP contribution in [0.15, 0.2) is 18.2 Å². The minimum Gasteiger partial charge on any atom is -0.369 e. The van der Waals surface area contributed by atoms with Gasteiger partial charge in [-0.05, 0) is 56.4 Å². The van der Waals surface area contributed by atoms with Gasteiger partial charge in [0.05, 0.1) is 21.5 Å². The van der Waals surface area contributed by atoms with Crippen molar-refractivity contribution in [3.63, 3.8) is 0 Å². The number of carbonyl (C=O) groups excluding carboxylic acids is 4. The predicted molar refractivity (Wildman–Crippen MR) is 113 cm³/mol. The lowest BCUT2D eigenvalue weighted by molar-refractivity contribution is -0.121. The third-order valence-electron chi connectivity index (χ3n) is 6.93. The van der Waals surface area contributed by atoms with E-state index in [9.17, 15) is 23.6 Å². The van der Waals surface area contributed by atoms with Crippen LogP contribution >= 0.6 is 11.6 Å². The Bertz CT molecular complexity index is 1250. The van der Waals surface area contributed by atoms with Crippen molar-refractivity contribution < 1.29 is 23.6 Å². The first kappa shape index (κ1) is 20.7. The van der Waals surface area contributed by atoms with Gasteiger partial charge in [-0.1, -0.05) is 11.6 Å². The molecule has 1 aliphatic heterocycles. The highest BCUT2D eigenvalue weighted by atomic mass is 35.5. The van der Waals surface area contributed by atoms with E-state index in [1.54, 1.807) is 11.5 Å². The number of nitrogens with two attached hydrogens (primary N) is 1. The Morgan fingerprint density at radius 3 is 2.56 bits per heavy atom. The lowest BCUT2D eigenvalue weighted by atomic mass is 10.0. The van der Waals surface area contributed by atoms with Crippen LogP contribution in [0, 0.1) is 18.2 Å². The third kappa shape index (κ3) is 2.80. The van der Waals surface area contributed by atoms with E-state index >= 15 is 0 Å². The van der Waals surface area contributed by atoms with Gasteiger partial charge in [-0.2, -0.15) is 0 Å². The number of nitrogens with one attached hydrogen (secondary N) is 2. The van der Waals surface area contributed by atoms with E-state index in [2.05, 4.69) is 10.6 Å². The average molecular weight is 459 g/mol. The van der Waals surface area contributed by atoms with Gasteiger partial charge < -0.3 is 20.9 Å². The number of hydrogen-bond acceptors (Lipinski definition) is 4. The molecule has 0 atom stereocenters. The number of anilines is 1. The Balaban J connectivity index is 1.41. The molecule has 0 unspecified atom stereocenters. The maximum atomic E-state index is 13.4. The molecule has 8 nitrogen and oxygen atoms in total. The number of halogens is 2. The normalized spacial score (nSPS) is 24.3. The number of benzene rings is 1. The fourth-order valence-electron chi connectivity index (χ4n) is 4.97. The summed E-state index contributed by atoms with van der Waals surface area (Å²) in [6, 6.07) is 3.83. The monoisotopic (exact) mass is 458 g/mol. The predicted octanol–water partition coefficient (Wildman–Crippen LogP) is 2.10. The van der Waals surface area contributed by atoms with Crippen molar-refractivity contribution in [2.45, 2.75) is 44.7 Å². The SMILES string of the molecule is Cc1c(C(=O)C(=O)NC23CC2(C(N)=O)C3)c2n(c1C(=O)Nc1ccc(F)c(Cl)c1)CCC2. The number of amides is 3. The van der Waals surface area contributed by atoms with Crippen LogP contribution in [0.25, 0.3) is 0 Å². The minimum absolute atomic E-state index is 0.126. The highest BCUT2D eigenvalue weighted by molar-refractivity contribution is 6.44. The van der Waals surface area contributed by atoms with Crippen molar-refractivity contribution in [2.24, 2.45) is 11.1 Å². The topological polar surface area (TPSA) is 123 Å². The summed E-state index contributed by atoms with van der Waals surface area (Å²) in [7, 11) is 0. The Morgan fingerprint density at radius 1 is 1.22 bits per heavy atom. The first-order chi connectivity index (χ1) is 15.1. The number of hydrogen-bond donors (Lipinski definition) is 3. The summed E-state index contributed by atoms with van der Waals surface area (Å²) in [6.07, 6.45) is 2.19. The summed E-state index contributed by atoms with van der Waals surface area (Å²) in [5.41, 5.74) is 5.82. The van der Waals surface area contributed by atoms with Crippen molar-refractivity contribution in [1.29, 1.82) is 0 Å². The molecule has 2 fully saturated rings. The Hall–Kier alpha value is -3.20. The molecular weight excluding hydrogens is 439 g/mol. The molecule has 3 aliphatic rings. The summed E-state index contributed by atoms with van der Waals surface area (Å²) in [6.45, 7) is 2.16. The van der Waals surface area contributed by atoms with E-state index in [0.29, 0.717) is 42.8 Å². The van der Waals surface area contributed by atoms with Gasteiger partial charge in [0.15, 0.2) is 0 Å². The molecule has 3 amide bonds. The van der Waals surface area contributed by atoms with Crippen LogP contribution in [0.2, 0.25) is 5.02 Å². The van der Waals surface area contributed by atoms with Gasteiger partial charge in [-0.25, -0.2) is 4.39 Å². The van der Waals surface area contributed by atoms with Crippen molar-refractivity contribution >= 4 is 40.8 Å². The van der Waals surface area contributed by atoms with Crippen LogP contribution in [0.4, 0.5) is 10.1 Å². The van der Waals surface area contributed by atoms with Crippen LogP contribution in [0.1, 0.15) is 51.4 Å². The maximum absolute atomic E-state index is 13.4. The smallest absolute Gasteiger partial charge is 0.292 e. The first-order valence-corrected chi connectivity index (χ1v) is 10.6. The summed E-state index contributed by atoms with van der Waals surface area (Å²) in [5.74, 6) is -3.08. The van der Waals surface area contributed by atoms with Crippen LogP contribution < -0.4 is 16.4 Å². The molecule has 5 rings (SSSR count). The number of fused-ring (bicyclic) bond motifs is 2. The second-order valence-corrected chi connectivity index (χ2v) is 9.21. The molecule has 10 heteroatoms. The van der Waals surface area contributed by atoms with Gasteiger partial charge >= 0.3 is 0 Å². The molecular formula is C22H20ClFN4O4. The van der Waals surface area contributed by atoms with Crippen LogP contribution in [-0.2, 0) is 22.6 Å². The minimum atomic E-state index is -0.800.